The van der Waals surface area contributed by atoms with Crippen molar-refractivity contribution >= 4 is 22.6 Å². The Balaban J connectivity index is 1.67. The van der Waals surface area contributed by atoms with Gasteiger partial charge in [0.15, 0.2) is 0 Å². The summed E-state index contributed by atoms with van der Waals surface area (Å²) in [5, 5.41) is 14.1. The standard InChI is InChI=1S/C27H33NO4/c1-20(21-11-4-2-5-12-21)28-27(31)23(14-6-3-7-18-26(29)30)19-32-25-17-10-15-22-13-8-9-16-24(22)25/h4,8-11,13-17,20-21H,2-3,5-7,12,18-19H2,1H3,(H,28,31)(H,29,30). The van der Waals surface area contributed by atoms with Crippen molar-refractivity contribution < 1.29 is 19.4 Å². The molecule has 0 heterocycles. The first-order valence-electron chi connectivity index (χ1n) is 11.5. The molecule has 32 heavy (non-hydrogen) atoms. The van der Waals surface area contributed by atoms with Gasteiger partial charge in [-0.15, -0.1) is 0 Å². The van der Waals surface area contributed by atoms with Gasteiger partial charge in [-0.1, -0.05) is 54.6 Å². The molecule has 0 aliphatic heterocycles. The number of benzene rings is 2. The first kappa shape index (κ1) is 23.6. The van der Waals surface area contributed by atoms with Crippen LogP contribution >= 0.6 is 0 Å². The van der Waals surface area contributed by atoms with Crippen LogP contribution in [0.15, 0.2) is 66.3 Å². The monoisotopic (exact) mass is 435 g/mol. The van der Waals surface area contributed by atoms with Crippen molar-refractivity contribution in [1.29, 1.82) is 0 Å². The molecular weight excluding hydrogens is 402 g/mol. The van der Waals surface area contributed by atoms with Gasteiger partial charge < -0.3 is 15.2 Å². The third-order valence-corrected chi connectivity index (χ3v) is 5.95. The van der Waals surface area contributed by atoms with Gasteiger partial charge in [0, 0.05) is 17.8 Å². The molecule has 3 rings (SSSR count). The molecule has 170 valence electrons. The lowest BCUT2D eigenvalue weighted by atomic mass is 9.90. The topological polar surface area (TPSA) is 75.6 Å². The zero-order valence-corrected chi connectivity index (χ0v) is 18.8. The van der Waals surface area contributed by atoms with Crippen molar-refractivity contribution in [1.82, 2.24) is 5.32 Å². The van der Waals surface area contributed by atoms with E-state index in [0.29, 0.717) is 24.3 Å². The Morgan fingerprint density at radius 2 is 2.00 bits per heavy atom. The lowest BCUT2D eigenvalue weighted by molar-refractivity contribution is -0.137. The van der Waals surface area contributed by atoms with Crippen LogP contribution < -0.4 is 10.1 Å². The predicted molar refractivity (Wildman–Crippen MR) is 128 cm³/mol. The predicted octanol–water partition coefficient (Wildman–Crippen LogP) is 5.65. The highest BCUT2D eigenvalue weighted by Gasteiger charge is 2.20. The average molecular weight is 436 g/mol. The largest absolute Gasteiger partial charge is 0.488 e. The molecule has 2 unspecified atom stereocenters. The number of nitrogens with one attached hydrogen (secondary N) is 1. The van der Waals surface area contributed by atoms with E-state index in [1.807, 2.05) is 55.5 Å². The summed E-state index contributed by atoms with van der Waals surface area (Å²) in [6.45, 7) is 2.22. The molecular formula is C27H33NO4. The van der Waals surface area contributed by atoms with E-state index in [4.69, 9.17) is 9.84 Å². The van der Waals surface area contributed by atoms with E-state index in [9.17, 15) is 9.59 Å². The van der Waals surface area contributed by atoms with Crippen LogP contribution in [-0.4, -0.2) is 29.6 Å². The van der Waals surface area contributed by atoms with E-state index in [1.54, 1.807) is 0 Å². The number of amides is 1. The summed E-state index contributed by atoms with van der Waals surface area (Å²) in [6.07, 6.45) is 11.7. The first-order valence-corrected chi connectivity index (χ1v) is 11.5. The quantitative estimate of drug-likeness (QED) is 0.272. The Labute approximate surface area is 190 Å². The average Bonchev–Trinajstić information content (AvgIpc) is 2.81. The highest BCUT2D eigenvalue weighted by molar-refractivity contribution is 5.94. The first-order chi connectivity index (χ1) is 15.5. The van der Waals surface area contributed by atoms with Crippen molar-refractivity contribution in [3.8, 4) is 5.75 Å². The van der Waals surface area contributed by atoms with Crippen molar-refractivity contribution in [3.05, 3.63) is 66.3 Å². The van der Waals surface area contributed by atoms with Gasteiger partial charge in [0.25, 0.3) is 5.91 Å². The number of aliphatic carboxylic acids is 1. The summed E-state index contributed by atoms with van der Waals surface area (Å²) in [6, 6.07) is 14.0. The Morgan fingerprint density at radius 3 is 2.78 bits per heavy atom. The van der Waals surface area contributed by atoms with Gasteiger partial charge in [-0.3, -0.25) is 9.59 Å². The zero-order valence-electron chi connectivity index (χ0n) is 18.8. The number of carboxylic acids is 1. The third kappa shape index (κ3) is 6.98. The minimum atomic E-state index is -0.791. The smallest absolute Gasteiger partial charge is 0.303 e. The van der Waals surface area contributed by atoms with E-state index >= 15 is 0 Å². The van der Waals surface area contributed by atoms with E-state index in [2.05, 4.69) is 17.5 Å². The number of hydrogen-bond donors (Lipinski definition) is 2. The molecule has 0 aromatic heterocycles. The maximum Gasteiger partial charge on any atom is 0.303 e. The van der Waals surface area contributed by atoms with Gasteiger partial charge in [-0.2, -0.15) is 0 Å². The number of unbranched alkanes of at least 4 members (excludes halogenated alkanes) is 2. The summed E-state index contributed by atoms with van der Waals surface area (Å²) in [5.74, 6) is 0.190. The molecule has 5 heteroatoms. The number of allylic oxidation sites excluding steroid dienone is 2. The Kier molecular flexibility index (Phi) is 8.90. The number of carbonyl (C=O) groups excluding carboxylic acids is 1. The van der Waals surface area contributed by atoms with E-state index in [1.165, 1.54) is 0 Å². The fourth-order valence-corrected chi connectivity index (χ4v) is 4.05. The molecule has 1 aliphatic rings. The number of ether oxygens (including phenoxy) is 1. The van der Waals surface area contributed by atoms with Crippen LogP contribution in [0.4, 0.5) is 0 Å². The molecule has 2 N–H and O–H groups in total. The summed E-state index contributed by atoms with van der Waals surface area (Å²) in [4.78, 5) is 23.8. The molecule has 0 fully saturated rings. The highest BCUT2D eigenvalue weighted by Crippen LogP contribution is 2.26. The second kappa shape index (κ2) is 12.1. The Morgan fingerprint density at radius 1 is 1.19 bits per heavy atom. The number of fused-ring (bicyclic) bond motifs is 1. The molecule has 0 saturated heterocycles. The Hall–Kier alpha value is -3.08. The second-order valence-corrected chi connectivity index (χ2v) is 8.42. The maximum atomic E-state index is 13.1. The van der Waals surface area contributed by atoms with Gasteiger partial charge in [0.05, 0.1) is 5.57 Å². The minimum absolute atomic E-state index is 0.0482. The molecule has 2 aromatic carbocycles. The van der Waals surface area contributed by atoms with Crippen LogP contribution in [0.25, 0.3) is 10.8 Å². The molecule has 0 bridgehead atoms. The SMILES string of the molecule is CC(NC(=O)C(=CCCCCC(=O)O)COc1cccc2ccccc12)C1C=CCCC1. The number of rotatable bonds is 11. The Bertz CT molecular complexity index is 973. The van der Waals surface area contributed by atoms with Crippen LogP contribution in [0.5, 0.6) is 5.75 Å². The summed E-state index contributed by atoms with van der Waals surface area (Å²) in [7, 11) is 0. The number of hydrogen-bond acceptors (Lipinski definition) is 3. The fraction of sp³-hybridized carbons (Fsp3) is 0.407. The van der Waals surface area contributed by atoms with Crippen molar-refractivity contribution in [2.45, 2.75) is 57.9 Å². The van der Waals surface area contributed by atoms with Crippen LogP contribution in [0, 0.1) is 5.92 Å². The van der Waals surface area contributed by atoms with Crippen molar-refractivity contribution in [2.24, 2.45) is 5.92 Å². The van der Waals surface area contributed by atoms with Crippen LogP contribution in [0.3, 0.4) is 0 Å². The van der Waals surface area contributed by atoms with Crippen LogP contribution in [-0.2, 0) is 9.59 Å². The molecule has 5 nitrogen and oxygen atoms in total. The van der Waals surface area contributed by atoms with Gasteiger partial charge in [-0.25, -0.2) is 0 Å². The lowest BCUT2D eigenvalue weighted by Crippen LogP contribution is -2.39. The number of carbonyl (C=O) groups is 2. The van der Waals surface area contributed by atoms with E-state index in [-0.39, 0.29) is 25.0 Å². The zero-order chi connectivity index (χ0) is 22.8. The van der Waals surface area contributed by atoms with Crippen LogP contribution in [0.2, 0.25) is 0 Å². The molecule has 0 saturated carbocycles. The summed E-state index contributed by atoms with van der Waals surface area (Å²) < 4.78 is 6.09. The van der Waals surface area contributed by atoms with Gasteiger partial charge in [-0.05, 0) is 62.8 Å². The molecule has 0 radical (unpaired) electrons. The molecule has 1 amide bonds. The van der Waals surface area contributed by atoms with Gasteiger partial charge >= 0.3 is 5.97 Å². The number of carboxylic acid groups (broad SMARTS) is 1. The lowest BCUT2D eigenvalue weighted by Gasteiger charge is -2.25. The molecule has 2 aromatic rings. The van der Waals surface area contributed by atoms with E-state index in [0.717, 1.165) is 42.2 Å². The van der Waals surface area contributed by atoms with Gasteiger partial charge in [0.2, 0.25) is 0 Å². The molecule has 2 atom stereocenters. The summed E-state index contributed by atoms with van der Waals surface area (Å²) in [5.41, 5.74) is 0.583. The van der Waals surface area contributed by atoms with E-state index < -0.39 is 5.97 Å². The van der Waals surface area contributed by atoms with Crippen molar-refractivity contribution in [2.75, 3.05) is 6.61 Å². The fourth-order valence-electron chi connectivity index (χ4n) is 4.05. The molecule has 1 aliphatic carbocycles. The summed E-state index contributed by atoms with van der Waals surface area (Å²) >= 11 is 0. The third-order valence-electron chi connectivity index (χ3n) is 5.95. The maximum absolute atomic E-state index is 13.1. The van der Waals surface area contributed by atoms with Gasteiger partial charge in [0.1, 0.15) is 12.4 Å². The normalized spacial score (nSPS) is 17.2. The minimum Gasteiger partial charge on any atom is -0.488 e. The molecule has 0 spiro atoms. The van der Waals surface area contributed by atoms with Crippen LogP contribution in [0.1, 0.15) is 51.9 Å². The highest BCUT2D eigenvalue weighted by atomic mass is 16.5. The van der Waals surface area contributed by atoms with Crippen molar-refractivity contribution in [3.63, 3.8) is 0 Å². The second-order valence-electron chi connectivity index (χ2n) is 8.42.